The first-order valence-corrected chi connectivity index (χ1v) is 9.78. The molecule has 1 aromatic heterocycles. The van der Waals surface area contributed by atoms with Gasteiger partial charge in [0.15, 0.2) is 0 Å². The van der Waals surface area contributed by atoms with Crippen molar-refractivity contribution in [1.82, 2.24) is 14.9 Å². The largest absolute Gasteiger partial charge is 0.497 e. The first-order valence-electron chi connectivity index (χ1n) is 9.40. The summed E-state index contributed by atoms with van der Waals surface area (Å²) in [5, 5.41) is 2.66. The maximum atomic E-state index is 13.3. The van der Waals surface area contributed by atoms with Crippen LogP contribution in [-0.2, 0) is 24.5 Å². The Morgan fingerprint density at radius 1 is 1.16 bits per heavy atom. The number of aryl methyl sites for hydroxylation is 1. The standard InChI is InChI=1S/C22H21ClFN3O4/c1-14-9-22(29)27(12-21(28)25-11-15-3-8-19(24)18(23)10-15)20(26-14)13-31-17-6-4-16(30-2)5-7-17/h3-10H,11-13H2,1-2H3,(H,25,28). The summed E-state index contributed by atoms with van der Waals surface area (Å²) in [5.74, 6) is 0.646. The maximum Gasteiger partial charge on any atom is 0.254 e. The molecule has 0 aliphatic rings. The predicted octanol–water partition coefficient (Wildman–Crippen LogP) is 3.25. The lowest BCUT2D eigenvalue weighted by Crippen LogP contribution is -2.34. The number of hydrogen-bond acceptors (Lipinski definition) is 5. The number of amides is 1. The SMILES string of the molecule is COc1ccc(OCc2nc(C)cc(=O)n2CC(=O)NCc2ccc(F)c(Cl)c2)cc1. The molecule has 0 bridgehead atoms. The number of methoxy groups -OCH3 is 1. The van der Waals surface area contributed by atoms with Gasteiger partial charge in [-0.25, -0.2) is 9.37 Å². The van der Waals surface area contributed by atoms with Crippen molar-refractivity contribution in [3.8, 4) is 11.5 Å². The Bertz CT molecular complexity index is 1130. The van der Waals surface area contributed by atoms with Gasteiger partial charge >= 0.3 is 0 Å². The monoisotopic (exact) mass is 445 g/mol. The van der Waals surface area contributed by atoms with Gasteiger partial charge in [-0.15, -0.1) is 0 Å². The van der Waals surface area contributed by atoms with E-state index in [9.17, 15) is 14.0 Å². The second-order valence-corrected chi connectivity index (χ2v) is 7.13. The highest BCUT2D eigenvalue weighted by Gasteiger charge is 2.13. The molecule has 9 heteroatoms. The highest BCUT2D eigenvalue weighted by atomic mass is 35.5. The van der Waals surface area contributed by atoms with Gasteiger partial charge < -0.3 is 14.8 Å². The third-order valence-corrected chi connectivity index (χ3v) is 4.71. The van der Waals surface area contributed by atoms with Gasteiger partial charge in [0.05, 0.1) is 12.1 Å². The normalized spacial score (nSPS) is 10.6. The van der Waals surface area contributed by atoms with Crippen molar-refractivity contribution in [2.75, 3.05) is 7.11 Å². The summed E-state index contributed by atoms with van der Waals surface area (Å²) in [6, 6.07) is 12.5. The molecule has 1 heterocycles. The third-order valence-electron chi connectivity index (χ3n) is 4.42. The fourth-order valence-corrected chi connectivity index (χ4v) is 3.03. The summed E-state index contributed by atoms with van der Waals surface area (Å²) in [7, 11) is 1.57. The van der Waals surface area contributed by atoms with Crippen molar-refractivity contribution in [1.29, 1.82) is 0 Å². The summed E-state index contributed by atoms with van der Waals surface area (Å²) >= 11 is 5.76. The first kappa shape index (κ1) is 22.3. The lowest BCUT2D eigenvalue weighted by molar-refractivity contribution is -0.121. The zero-order valence-electron chi connectivity index (χ0n) is 17.0. The van der Waals surface area contributed by atoms with Crippen LogP contribution >= 0.6 is 11.6 Å². The van der Waals surface area contributed by atoms with E-state index in [2.05, 4.69) is 10.3 Å². The highest BCUT2D eigenvalue weighted by Crippen LogP contribution is 2.18. The average Bonchev–Trinajstić information content (AvgIpc) is 2.75. The van der Waals surface area contributed by atoms with Crippen molar-refractivity contribution in [2.45, 2.75) is 26.6 Å². The zero-order valence-corrected chi connectivity index (χ0v) is 17.8. The van der Waals surface area contributed by atoms with Crippen molar-refractivity contribution in [2.24, 2.45) is 0 Å². The van der Waals surface area contributed by atoms with E-state index in [-0.39, 0.29) is 30.3 Å². The molecule has 2 aromatic carbocycles. The Kier molecular flexibility index (Phi) is 7.25. The fraction of sp³-hybridized carbons (Fsp3) is 0.227. The van der Waals surface area contributed by atoms with Gasteiger partial charge in [0.2, 0.25) is 5.91 Å². The minimum atomic E-state index is -0.532. The molecule has 0 spiro atoms. The number of ether oxygens (including phenoxy) is 2. The number of carbonyl (C=O) groups is 1. The van der Waals surface area contributed by atoms with Crippen LogP contribution in [0.1, 0.15) is 17.1 Å². The van der Waals surface area contributed by atoms with Crippen molar-refractivity contribution >= 4 is 17.5 Å². The molecule has 0 atom stereocenters. The highest BCUT2D eigenvalue weighted by molar-refractivity contribution is 6.30. The first-order chi connectivity index (χ1) is 14.9. The van der Waals surface area contributed by atoms with Gasteiger partial charge in [-0.1, -0.05) is 17.7 Å². The molecule has 3 rings (SSSR count). The average molecular weight is 446 g/mol. The number of rotatable bonds is 8. The zero-order chi connectivity index (χ0) is 22.4. The Morgan fingerprint density at radius 3 is 2.55 bits per heavy atom. The molecule has 0 aliphatic heterocycles. The molecule has 1 amide bonds. The minimum Gasteiger partial charge on any atom is -0.497 e. The van der Waals surface area contributed by atoms with Crippen LogP contribution in [0.5, 0.6) is 11.5 Å². The maximum absolute atomic E-state index is 13.3. The lowest BCUT2D eigenvalue weighted by atomic mass is 10.2. The Balaban J connectivity index is 1.68. The molecule has 0 unspecified atom stereocenters. The fourth-order valence-electron chi connectivity index (χ4n) is 2.83. The van der Waals surface area contributed by atoms with E-state index >= 15 is 0 Å². The molecule has 0 fully saturated rings. The van der Waals surface area contributed by atoms with Crippen LogP contribution in [0.15, 0.2) is 53.3 Å². The van der Waals surface area contributed by atoms with E-state index in [0.717, 1.165) is 0 Å². The predicted molar refractivity (Wildman–Crippen MR) is 114 cm³/mol. The van der Waals surface area contributed by atoms with Crippen LogP contribution in [0, 0.1) is 12.7 Å². The van der Waals surface area contributed by atoms with E-state index in [0.29, 0.717) is 28.6 Å². The molecule has 162 valence electrons. The van der Waals surface area contributed by atoms with Crippen LogP contribution in [0.4, 0.5) is 4.39 Å². The van der Waals surface area contributed by atoms with Crippen LogP contribution in [-0.4, -0.2) is 22.6 Å². The number of nitrogens with one attached hydrogen (secondary N) is 1. The summed E-state index contributed by atoms with van der Waals surface area (Å²) in [6.45, 7) is 1.61. The molecule has 3 aromatic rings. The van der Waals surface area contributed by atoms with Crippen LogP contribution < -0.4 is 20.3 Å². The number of carbonyl (C=O) groups excluding carboxylic acids is 1. The molecule has 0 aliphatic carbocycles. The second-order valence-electron chi connectivity index (χ2n) is 6.73. The Morgan fingerprint density at radius 2 is 1.87 bits per heavy atom. The van der Waals surface area contributed by atoms with E-state index in [1.165, 1.54) is 28.8 Å². The van der Waals surface area contributed by atoms with Crippen LogP contribution in [0.2, 0.25) is 5.02 Å². The smallest absolute Gasteiger partial charge is 0.254 e. The molecule has 0 radical (unpaired) electrons. The minimum absolute atomic E-state index is 0.00407. The van der Waals surface area contributed by atoms with E-state index < -0.39 is 11.7 Å². The summed E-state index contributed by atoms with van der Waals surface area (Å²) in [4.78, 5) is 29.2. The number of benzene rings is 2. The third kappa shape index (κ3) is 6.05. The molecule has 7 nitrogen and oxygen atoms in total. The van der Waals surface area contributed by atoms with Gasteiger partial charge in [0, 0.05) is 18.3 Å². The second kappa shape index (κ2) is 10.1. The number of nitrogens with zero attached hydrogens (tertiary/aromatic N) is 2. The molecule has 1 N–H and O–H groups in total. The quantitative estimate of drug-likeness (QED) is 0.575. The Hall–Kier alpha value is -3.39. The molecular weight excluding hydrogens is 425 g/mol. The summed E-state index contributed by atoms with van der Waals surface area (Å²) in [5.41, 5.74) is 0.800. The summed E-state index contributed by atoms with van der Waals surface area (Å²) < 4.78 is 25.3. The number of hydrogen-bond donors (Lipinski definition) is 1. The van der Waals surface area contributed by atoms with E-state index in [1.54, 1.807) is 38.3 Å². The molecule has 0 saturated heterocycles. The van der Waals surface area contributed by atoms with Gasteiger partial charge in [-0.2, -0.15) is 0 Å². The van der Waals surface area contributed by atoms with Gasteiger partial charge in [0.1, 0.15) is 36.3 Å². The lowest BCUT2D eigenvalue weighted by Gasteiger charge is -2.14. The summed E-state index contributed by atoms with van der Waals surface area (Å²) in [6.07, 6.45) is 0. The molecule has 0 saturated carbocycles. The Labute approximate surface area is 183 Å². The van der Waals surface area contributed by atoms with Gasteiger partial charge in [0.25, 0.3) is 5.56 Å². The van der Waals surface area contributed by atoms with Gasteiger partial charge in [-0.05, 0) is 48.9 Å². The van der Waals surface area contributed by atoms with Crippen molar-refractivity contribution in [3.63, 3.8) is 0 Å². The van der Waals surface area contributed by atoms with Crippen molar-refractivity contribution in [3.05, 3.63) is 86.8 Å². The number of aromatic nitrogens is 2. The van der Waals surface area contributed by atoms with Crippen LogP contribution in [0.3, 0.4) is 0 Å². The molecule has 31 heavy (non-hydrogen) atoms. The molecular formula is C22H21ClFN3O4. The topological polar surface area (TPSA) is 82.5 Å². The van der Waals surface area contributed by atoms with Gasteiger partial charge in [-0.3, -0.25) is 14.2 Å². The van der Waals surface area contributed by atoms with Crippen molar-refractivity contribution < 1.29 is 18.7 Å². The van der Waals surface area contributed by atoms with Crippen LogP contribution in [0.25, 0.3) is 0 Å². The number of halogens is 2. The van der Waals surface area contributed by atoms with E-state index in [4.69, 9.17) is 21.1 Å². The van der Waals surface area contributed by atoms with E-state index in [1.807, 2.05) is 0 Å².